The zero-order valence-electron chi connectivity index (χ0n) is 10.5. The molecule has 0 amide bonds. The van der Waals surface area contributed by atoms with Gasteiger partial charge in [-0.05, 0) is 23.8 Å². The minimum Gasteiger partial charge on any atom is -0.462 e. The molecule has 0 aliphatic heterocycles. The predicted octanol–water partition coefficient (Wildman–Crippen LogP) is 4.31. The van der Waals surface area contributed by atoms with Gasteiger partial charge in [-0.25, -0.2) is 0 Å². The molecule has 0 heterocycles. The number of hydrogen-bond acceptors (Lipinski definition) is 1. The largest absolute Gasteiger partial charge is 0.462 e. The van der Waals surface area contributed by atoms with Gasteiger partial charge < -0.3 is 4.74 Å². The van der Waals surface area contributed by atoms with Gasteiger partial charge in [-0.1, -0.05) is 55.5 Å². The van der Waals surface area contributed by atoms with Crippen LogP contribution in [-0.4, -0.2) is 0 Å². The van der Waals surface area contributed by atoms with Gasteiger partial charge in [0.1, 0.15) is 11.5 Å². The van der Waals surface area contributed by atoms with Crippen LogP contribution in [0.25, 0.3) is 0 Å². The Labute approximate surface area is 108 Å². The monoisotopic (exact) mass is 236 g/mol. The second kappa shape index (κ2) is 4.34. The van der Waals surface area contributed by atoms with E-state index in [1.807, 2.05) is 30.3 Å². The number of benzene rings is 2. The Morgan fingerprint density at radius 1 is 0.889 bits per heavy atom. The van der Waals surface area contributed by atoms with Crippen LogP contribution in [0.5, 0.6) is 5.75 Å². The van der Waals surface area contributed by atoms with Gasteiger partial charge in [0.25, 0.3) is 0 Å². The number of para-hydroxylation sites is 1. The molecule has 18 heavy (non-hydrogen) atoms. The SMILES string of the molecule is CC1(c2ccccc2)C=C(Oc2ccccc2)C1. The second-order valence-corrected chi connectivity index (χ2v) is 4.99. The molecule has 1 aliphatic carbocycles. The molecule has 0 spiro atoms. The van der Waals surface area contributed by atoms with Crippen LogP contribution in [0.4, 0.5) is 0 Å². The first-order chi connectivity index (χ1) is 8.76. The van der Waals surface area contributed by atoms with E-state index in [-0.39, 0.29) is 5.41 Å². The maximum Gasteiger partial charge on any atom is 0.126 e. The van der Waals surface area contributed by atoms with E-state index in [1.165, 1.54) is 5.56 Å². The number of allylic oxidation sites excluding steroid dienone is 2. The molecule has 1 heteroatoms. The Bertz CT molecular complexity index is 557. The molecule has 0 N–H and O–H groups in total. The summed E-state index contributed by atoms with van der Waals surface area (Å²) in [6.45, 7) is 2.25. The van der Waals surface area contributed by atoms with Crippen molar-refractivity contribution in [2.45, 2.75) is 18.8 Å². The minimum absolute atomic E-state index is 0.130. The average Bonchev–Trinajstić information content (AvgIpc) is 2.39. The molecule has 0 radical (unpaired) electrons. The van der Waals surface area contributed by atoms with Crippen molar-refractivity contribution in [3.8, 4) is 5.75 Å². The van der Waals surface area contributed by atoms with Crippen LogP contribution in [0.1, 0.15) is 18.9 Å². The number of ether oxygens (including phenoxy) is 1. The van der Waals surface area contributed by atoms with Crippen LogP contribution in [0.3, 0.4) is 0 Å². The number of hydrogen-bond donors (Lipinski definition) is 0. The van der Waals surface area contributed by atoms with Crippen LogP contribution in [-0.2, 0) is 5.41 Å². The Hall–Kier alpha value is -2.02. The van der Waals surface area contributed by atoms with Crippen LogP contribution in [0, 0.1) is 0 Å². The molecule has 0 fully saturated rings. The van der Waals surface area contributed by atoms with E-state index in [2.05, 4.69) is 43.3 Å². The van der Waals surface area contributed by atoms with Crippen molar-refractivity contribution in [3.63, 3.8) is 0 Å². The first kappa shape index (κ1) is 11.1. The van der Waals surface area contributed by atoms with Crippen LogP contribution in [0.2, 0.25) is 0 Å². The molecule has 1 unspecified atom stereocenters. The summed E-state index contributed by atoms with van der Waals surface area (Å²) in [5.41, 5.74) is 1.48. The fraction of sp³-hybridized carbons (Fsp3) is 0.176. The topological polar surface area (TPSA) is 9.23 Å². The molecule has 1 aliphatic rings. The highest BCUT2D eigenvalue weighted by Crippen LogP contribution is 2.42. The summed E-state index contributed by atoms with van der Waals surface area (Å²) in [4.78, 5) is 0. The summed E-state index contributed by atoms with van der Waals surface area (Å²) in [6, 6.07) is 20.5. The van der Waals surface area contributed by atoms with E-state index >= 15 is 0 Å². The maximum absolute atomic E-state index is 5.83. The summed E-state index contributed by atoms with van der Waals surface area (Å²) in [5, 5.41) is 0. The van der Waals surface area contributed by atoms with Gasteiger partial charge in [0.05, 0.1) is 0 Å². The van der Waals surface area contributed by atoms with Crippen molar-refractivity contribution < 1.29 is 4.74 Å². The zero-order valence-corrected chi connectivity index (χ0v) is 10.5. The lowest BCUT2D eigenvalue weighted by molar-refractivity contribution is 0.322. The molecule has 3 rings (SSSR count). The van der Waals surface area contributed by atoms with Crippen molar-refractivity contribution >= 4 is 0 Å². The molecule has 2 aromatic carbocycles. The summed E-state index contributed by atoms with van der Waals surface area (Å²) >= 11 is 0. The molecule has 2 aromatic rings. The Kier molecular flexibility index (Phi) is 2.67. The first-order valence-corrected chi connectivity index (χ1v) is 6.26. The maximum atomic E-state index is 5.83. The zero-order chi connectivity index (χ0) is 12.4. The van der Waals surface area contributed by atoms with E-state index in [1.54, 1.807) is 0 Å². The van der Waals surface area contributed by atoms with Crippen LogP contribution < -0.4 is 4.74 Å². The highest BCUT2D eigenvalue weighted by atomic mass is 16.5. The summed E-state index contributed by atoms with van der Waals surface area (Å²) in [6.07, 6.45) is 3.18. The van der Waals surface area contributed by atoms with Gasteiger partial charge in [0.15, 0.2) is 0 Å². The summed E-state index contributed by atoms with van der Waals surface area (Å²) in [5.74, 6) is 1.98. The van der Waals surface area contributed by atoms with E-state index in [9.17, 15) is 0 Å². The molecule has 0 aromatic heterocycles. The van der Waals surface area contributed by atoms with Crippen LogP contribution >= 0.6 is 0 Å². The lowest BCUT2D eigenvalue weighted by atomic mass is 9.71. The second-order valence-electron chi connectivity index (χ2n) is 4.99. The van der Waals surface area contributed by atoms with Crippen molar-refractivity contribution in [2.24, 2.45) is 0 Å². The van der Waals surface area contributed by atoms with E-state index in [0.717, 1.165) is 17.9 Å². The third-order valence-corrected chi connectivity index (χ3v) is 3.45. The van der Waals surface area contributed by atoms with Gasteiger partial charge in [0.2, 0.25) is 0 Å². The van der Waals surface area contributed by atoms with Gasteiger partial charge in [-0.15, -0.1) is 0 Å². The lowest BCUT2D eigenvalue weighted by Crippen LogP contribution is -2.30. The van der Waals surface area contributed by atoms with Gasteiger partial charge in [-0.3, -0.25) is 0 Å². The van der Waals surface area contributed by atoms with Gasteiger partial charge in [0, 0.05) is 11.8 Å². The highest BCUT2D eigenvalue weighted by molar-refractivity contribution is 5.39. The van der Waals surface area contributed by atoms with Gasteiger partial charge >= 0.3 is 0 Å². The first-order valence-electron chi connectivity index (χ1n) is 6.26. The van der Waals surface area contributed by atoms with Crippen LogP contribution in [0.15, 0.2) is 72.5 Å². The Balaban J connectivity index is 1.75. The molecule has 1 nitrogen and oxygen atoms in total. The molecule has 0 saturated heterocycles. The Morgan fingerprint density at radius 2 is 1.44 bits per heavy atom. The lowest BCUT2D eigenvalue weighted by Gasteiger charge is -2.36. The Morgan fingerprint density at radius 3 is 2.06 bits per heavy atom. The standard InChI is InChI=1S/C17H16O/c1-17(14-8-4-2-5-9-14)12-16(13-17)18-15-10-6-3-7-11-15/h2-12H,13H2,1H3. The molecular formula is C17H16O. The quantitative estimate of drug-likeness (QED) is 0.771. The van der Waals surface area contributed by atoms with Crippen molar-refractivity contribution in [3.05, 3.63) is 78.1 Å². The van der Waals surface area contributed by atoms with Crippen molar-refractivity contribution in [1.29, 1.82) is 0 Å². The normalized spacial score (nSPS) is 21.9. The summed E-state index contributed by atoms with van der Waals surface area (Å²) < 4.78 is 5.83. The molecule has 1 atom stereocenters. The fourth-order valence-electron chi connectivity index (χ4n) is 2.40. The third-order valence-electron chi connectivity index (χ3n) is 3.45. The fourth-order valence-corrected chi connectivity index (χ4v) is 2.40. The molecule has 0 saturated carbocycles. The van der Waals surface area contributed by atoms with Crippen molar-refractivity contribution in [2.75, 3.05) is 0 Å². The van der Waals surface area contributed by atoms with Gasteiger partial charge in [-0.2, -0.15) is 0 Å². The smallest absolute Gasteiger partial charge is 0.126 e. The van der Waals surface area contributed by atoms with E-state index < -0.39 is 0 Å². The molecular weight excluding hydrogens is 220 g/mol. The number of rotatable bonds is 3. The highest BCUT2D eigenvalue weighted by Gasteiger charge is 2.35. The summed E-state index contributed by atoms with van der Waals surface area (Å²) in [7, 11) is 0. The minimum atomic E-state index is 0.130. The van der Waals surface area contributed by atoms with Crippen molar-refractivity contribution in [1.82, 2.24) is 0 Å². The molecule has 0 bridgehead atoms. The van der Waals surface area contributed by atoms with E-state index in [0.29, 0.717) is 0 Å². The predicted molar refractivity (Wildman–Crippen MR) is 73.6 cm³/mol. The third kappa shape index (κ3) is 2.04. The van der Waals surface area contributed by atoms with E-state index in [4.69, 9.17) is 4.74 Å². The average molecular weight is 236 g/mol. The molecule has 90 valence electrons.